The van der Waals surface area contributed by atoms with E-state index in [2.05, 4.69) is 0 Å². The van der Waals surface area contributed by atoms with Crippen LogP contribution in [0.4, 0.5) is 37.7 Å². The second kappa shape index (κ2) is 15.8. The number of nitrogens with zero attached hydrogens (tertiary/aromatic N) is 2. The van der Waals surface area contributed by atoms with Gasteiger partial charge in [0.1, 0.15) is 0 Å². The monoisotopic (exact) mass is 910 g/mol. The van der Waals surface area contributed by atoms with Crippen LogP contribution in [-0.2, 0) is 12.4 Å². The number of benzene rings is 4. The molecule has 0 spiro atoms. The average Bonchev–Trinajstić information content (AvgIpc) is 4.12. The van der Waals surface area contributed by atoms with Crippen molar-refractivity contribution in [2.45, 2.75) is 12.4 Å². The molecule has 0 saturated heterocycles. The second-order valence-corrected chi connectivity index (χ2v) is 17.8. The summed E-state index contributed by atoms with van der Waals surface area (Å²) < 4.78 is 76.9. The first kappa shape index (κ1) is 40.9. The largest absolute Gasteiger partial charge is 0.416 e. The molecule has 16 heteroatoms. The number of imide groups is 2. The molecule has 0 saturated carbocycles. The highest BCUT2D eigenvalue weighted by Crippen LogP contribution is 2.41. The van der Waals surface area contributed by atoms with Crippen molar-refractivity contribution in [3.8, 4) is 40.4 Å². The molecule has 2 aliphatic rings. The lowest BCUT2D eigenvalue weighted by molar-refractivity contribution is -0.138. The molecule has 0 radical (unpaired) electrons. The highest BCUT2D eigenvalue weighted by atomic mass is 32.1. The minimum absolute atomic E-state index is 0.108. The lowest BCUT2D eigenvalue weighted by Gasteiger charge is -2.15. The van der Waals surface area contributed by atoms with Gasteiger partial charge in [0.15, 0.2) is 0 Å². The van der Waals surface area contributed by atoms with Crippen LogP contribution >= 0.6 is 45.3 Å². The van der Waals surface area contributed by atoms with Crippen LogP contribution < -0.4 is 9.80 Å². The Labute approximate surface area is 364 Å². The summed E-state index contributed by atoms with van der Waals surface area (Å²) in [7, 11) is 0. The minimum atomic E-state index is -4.49. The molecule has 6 heterocycles. The molecule has 0 aliphatic carbocycles. The van der Waals surface area contributed by atoms with Crippen LogP contribution in [0.3, 0.4) is 0 Å². The number of rotatable bonds is 6. The van der Waals surface area contributed by atoms with E-state index in [1.54, 1.807) is 81.7 Å². The molecule has 8 aromatic rings. The number of thiophene rings is 4. The Bertz CT molecular complexity index is 2820. The summed E-state index contributed by atoms with van der Waals surface area (Å²) in [5.41, 5.74) is 1.12. The molecule has 4 aromatic carbocycles. The van der Waals surface area contributed by atoms with Gasteiger partial charge in [-0.25, -0.2) is 9.80 Å². The SMILES string of the molecule is O=C1c2ccc(-c3ccc(-c4cccs4)s3)cc2C(=O)N1c1ccc(C(F)(F)F)cc1.O=C1c2ccc(-c3ccc(-c4cccs4)s3)cc2C(=O)N1c1ccc(C(F)(F)F)cc1. The molecule has 0 bridgehead atoms. The number of fused-ring (bicyclic) bond motifs is 2. The second-order valence-electron chi connectivity index (χ2n) is 13.8. The number of hydrogen-bond donors (Lipinski definition) is 0. The van der Waals surface area contributed by atoms with Crippen molar-refractivity contribution in [2.24, 2.45) is 0 Å². The predicted octanol–water partition coefficient (Wildman–Crippen LogP) is 13.9. The molecule has 6 nitrogen and oxygen atoms in total. The molecular weight excluding hydrogens is 887 g/mol. The highest BCUT2D eigenvalue weighted by Gasteiger charge is 2.39. The fourth-order valence-corrected chi connectivity index (χ4v) is 10.6. The normalized spacial score (nSPS) is 13.7. The number of amides is 4. The third-order valence-electron chi connectivity index (χ3n) is 9.99. The van der Waals surface area contributed by atoms with E-state index in [0.29, 0.717) is 0 Å². The van der Waals surface area contributed by atoms with Crippen LogP contribution in [0.1, 0.15) is 52.6 Å². The summed E-state index contributed by atoms with van der Waals surface area (Å²) in [4.78, 5) is 59.7. The van der Waals surface area contributed by atoms with Crippen molar-refractivity contribution in [1.82, 2.24) is 0 Å². The number of carbonyl (C=O) groups excluding carboxylic acids is 4. The molecule has 4 amide bonds. The summed E-state index contributed by atoms with van der Waals surface area (Å²) in [6.45, 7) is 0. The Morgan fingerprint density at radius 3 is 1.06 bits per heavy atom. The average molecular weight is 911 g/mol. The molecule has 62 heavy (non-hydrogen) atoms. The first-order valence-corrected chi connectivity index (χ1v) is 21.7. The fraction of sp³-hybridized carbons (Fsp3) is 0.0435. The van der Waals surface area contributed by atoms with E-state index in [4.69, 9.17) is 0 Å². The van der Waals surface area contributed by atoms with Gasteiger partial charge in [0.25, 0.3) is 23.6 Å². The van der Waals surface area contributed by atoms with Crippen LogP contribution in [0.5, 0.6) is 0 Å². The van der Waals surface area contributed by atoms with E-state index >= 15 is 0 Å². The predicted molar refractivity (Wildman–Crippen MR) is 231 cm³/mol. The Morgan fingerprint density at radius 2 is 0.726 bits per heavy atom. The fourth-order valence-electron chi connectivity index (χ4n) is 6.94. The van der Waals surface area contributed by atoms with E-state index in [0.717, 1.165) is 98.7 Å². The van der Waals surface area contributed by atoms with Gasteiger partial charge >= 0.3 is 12.4 Å². The van der Waals surface area contributed by atoms with E-state index in [1.807, 2.05) is 59.3 Å². The number of alkyl halides is 6. The van der Waals surface area contributed by atoms with Gasteiger partial charge < -0.3 is 0 Å². The van der Waals surface area contributed by atoms with Crippen LogP contribution in [0.25, 0.3) is 40.4 Å². The number of anilines is 2. The molecule has 0 N–H and O–H groups in total. The minimum Gasteiger partial charge on any atom is -0.268 e. The maximum atomic E-state index is 13.0. The van der Waals surface area contributed by atoms with Crippen molar-refractivity contribution in [2.75, 3.05) is 9.80 Å². The quantitative estimate of drug-likeness (QED) is 0.123. The van der Waals surface area contributed by atoms with Crippen LogP contribution in [-0.4, -0.2) is 23.6 Å². The Hall–Kier alpha value is -6.46. The molecule has 2 aliphatic heterocycles. The standard InChI is InChI=1S/2C23H12F3NO2S2/c2*24-23(25,26)14-4-6-15(7-5-14)27-21(28)16-8-3-13(12-17(16)22(27)29)18-9-10-20(31-18)19-2-1-11-30-19/h2*1-12H. The maximum Gasteiger partial charge on any atom is 0.416 e. The summed E-state index contributed by atoms with van der Waals surface area (Å²) in [6.07, 6.45) is -8.98. The van der Waals surface area contributed by atoms with Gasteiger partial charge in [0.05, 0.1) is 44.8 Å². The Kier molecular flexibility index (Phi) is 10.4. The van der Waals surface area contributed by atoms with Crippen molar-refractivity contribution in [3.63, 3.8) is 0 Å². The van der Waals surface area contributed by atoms with Crippen LogP contribution in [0.15, 0.2) is 144 Å². The molecule has 10 rings (SSSR count). The van der Waals surface area contributed by atoms with E-state index in [9.17, 15) is 45.5 Å². The van der Waals surface area contributed by atoms with Crippen LogP contribution in [0, 0.1) is 0 Å². The number of carbonyl (C=O) groups is 4. The van der Waals surface area contributed by atoms with Crippen molar-refractivity contribution >= 4 is 80.4 Å². The van der Waals surface area contributed by atoms with Crippen LogP contribution in [0.2, 0.25) is 0 Å². The lowest BCUT2D eigenvalue weighted by atomic mass is 10.0. The summed E-state index contributed by atoms with van der Waals surface area (Å²) in [5.74, 6) is -2.18. The van der Waals surface area contributed by atoms with Crippen molar-refractivity contribution < 1.29 is 45.5 Å². The zero-order chi connectivity index (χ0) is 43.5. The van der Waals surface area contributed by atoms with Crippen molar-refractivity contribution in [3.05, 3.63) is 178 Å². The van der Waals surface area contributed by atoms with E-state index in [-0.39, 0.29) is 33.6 Å². The van der Waals surface area contributed by atoms with Gasteiger partial charge in [-0.2, -0.15) is 26.3 Å². The van der Waals surface area contributed by atoms with Gasteiger partial charge in [-0.15, -0.1) is 45.3 Å². The third-order valence-corrected chi connectivity index (χ3v) is 14.4. The smallest absolute Gasteiger partial charge is 0.268 e. The first-order chi connectivity index (χ1) is 29.7. The van der Waals surface area contributed by atoms with Gasteiger partial charge in [-0.1, -0.05) is 24.3 Å². The number of hydrogen-bond acceptors (Lipinski definition) is 8. The van der Waals surface area contributed by atoms with E-state index < -0.39 is 47.1 Å². The molecule has 0 unspecified atom stereocenters. The highest BCUT2D eigenvalue weighted by molar-refractivity contribution is 7.23. The molecular formula is C46H24F6N2O4S4. The Balaban J connectivity index is 0.000000158. The van der Waals surface area contributed by atoms with Gasteiger partial charge in [-0.05, 0) is 131 Å². The first-order valence-electron chi connectivity index (χ1n) is 18.3. The molecule has 4 aromatic heterocycles. The topological polar surface area (TPSA) is 74.8 Å². The number of halogens is 6. The summed E-state index contributed by atoms with van der Waals surface area (Å²) in [5, 5.41) is 4.01. The Morgan fingerprint density at radius 1 is 0.371 bits per heavy atom. The molecule has 308 valence electrons. The third kappa shape index (κ3) is 7.59. The molecule has 0 atom stereocenters. The lowest BCUT2D eigenvalue weighted by Crippen LogP contribution is -2.29. The summed E-state index contributed by atoms with van der Waals surface area (Å²) >= 11 is 6.45. The zero-order valence-electron chi connectivity index (χ0n) is 31.3. The van der Waals surface area contributed by atoms with E-state index in [1.165, 1.54) is 0 Å². The zero-order valence-corrected chi connectivity index (χ0v) is 34.6. The van der Waals surface area contributed by atoms with Gasteiger partial charge in [0.2, 0.25) is 0 Å². The van der Waals surface area contributed by atoms with Gasteiger partial charge in [0, 0.05) is 29.3 Å². The maximum absolute atomic E-state index is 13.0. The van der Waals surface area contributed by atoms with Gasteiger partial charge in [-0.3, -0.25) is 19.2 Å². The molecule has 0 fully saturated rings. The summed E-state index contributed by atoms with van der Waals surface area (Å²) in [6, 6.07) is 34.1. The van der Waals surface area contributed by atoms with Crippen molar-refractivity contribution in [1.29, 1.82) is 0 Å².